The Hall–Kier alpha value is -2.94. The van der Waals surface area contributed by atoms with Gasteiger partial charge in [-0.1, -0.05) is 30.3 Å². The third-order valence-corrected chi connectivity index (χ3v) is 3.85. The van der Waals surface area contributed by atoms with Crippen molar-refractivity contribution < 1.29 is 14.4 Å². The van der Waals surface area contributed by atoms with E-state index in [0.29, 0.717) is 32.1 Å². The molecule has 1 rings (SSSR count). The molecule has 0 aromatic heterocycles. The molecule has 2 amide bonds. The number of aldehydes is 1. The lowest BCUT2D eigenvalue weighted by atomic mass is 10.1. The van der Waals surface area contributed by atoms with Crippen molar-refractivity contribution in [1.82, 2.24) is 10.6 Å². The third kappa shape index (κ3) is 8.82. The fourth-order valence-corrected chi connectivity index (χ4v) is 2.35. The van der Waals surface area contributed by atoms with E-state index in [-0.39, 0.29) is 5.96 Å². The van der Waals surface area contributed by atoms with Crippen LogP contribution in [0.3, 0.4) is 0 Å². The molecule has 8 N–H and O–H groups in total. The molecule has 0 radical (unpaired) electrons. The number of amides is 2. The van der Waals surface area contributed by atoms with Gasteiger partial charge in [-0.3, -0.25) is 14.6 Å². The summed E-state index contributed by atoms with van der Waals surface area (Å²) in [5.41, 5.74) is 17.3. The van der Waals surface area contributed by atoms with E-state index < -0.39 is 29.9 Å². The van der Waals surface area contributed by atoms with E-state index in [0.717, 1.165) is 5.56 Å². The monoisotopic (exact) mass is 376 g/mol. The van der Waals surface area contributed by atoms with Crippen LogP contribution in [0.1, 0.15) is 25.3 Å². The van der Waals surface area contributed by atoms with Crippen LogP contribution in [-0.2, 0) is 20.8 Å². The molecule has 0 aliphatic rings. The van der Waals surface area contributed by atoms with E-state index in [1.165, 1.54) is 6.92 Å². The van der Waals surface area contributed by atoms with Crippen molar-refractivity contribution in [3.05, 3.63) is 35.9 Å². The Morgan fingerprint density at radius 2 is 1.81 bits per heavy atom. The van der Waals surface area contributed by atoms with Gasteiger partial charge in [-0.2, -0.15) is 0 Å². The molecule has 0 fully saturated rings. The molecule has 27 heavy (non-hydrogen) atoms. The minimum absolute atomic E-state index is 0.0233. The second kappa shape index (κ2) is 11.6. The number of carbonyl (C=O) groups excluding carboxylic acids is 3. The number of benzene rings is 1. The second-order valence-corrected chi connectivity index (χ2v) is 6.23. The first-order chi connectivity index (χ1) is 12.8. The van der Waals surface area contributed by atoms with Gasteiger partial charge >= 0.3 is 0 Å². The molecule has 0 heterocycles. The Bertz CT molecular complexity index is 646. The maximum atomic E-state index is 12.2. The zero-order valence-corrected chi connectivity index (χ0v) is 15.4. The predicted octanol–water partition coefficient (Wildman–Crippen LogP) is -1.20. The summed E-state index contributed by atoms with van der Waals surface area (Å²) in [5, 5.41) is 5.14. The maximum Gasteiger partial charge on any atom is 0.242 e. The first kappa shape index (κ1) is 22.1. The first-order valence-electron chi connectivity index (χ1n) is 8.74. The molecule has 0 aliphatic carbocycles. The largest absolute Gasteiger partial charge is 0.370 e. The van der Waals surface area contributed by atoms with E-state index in [1.807, 2.05) is 30.3 Å². The summed E-state index contributed by atoms with van der Waals surface area (Å²) in [6.45, 7) is 1.90. The molecular formula is C18H28N6O3. The van der Waals surface area contributed by atoms with Crippen LogP contribution in [0.25, 0.3) is 0 Å². The van der Waals surface area contributed by atoms with Gasteiger partial charge in [0, 0.05) is 6.54 Å². The minimum Gasteiger partial charge on any atom is -0.370 e. The molecule has 0 bridgehead atoms. The smallest absolute Gasteiger partial charge is 0.242 e. The van der Waals surface area contributed by atoms with Crippen LogP contribution in [0.5, 0.6) is 0 Å². The number of hydrogen-bond acceptors (Lipinski definition) is 5. The molecule has 148 valence electrons. The zero-order chi connectivity index (χ0) is 20.2. The summed E-state index contributed by atoms with van der Waals surface area (Å²) >= 11 is 0. The molecule has 3 atom stereocenters. The normalized spacial score (nSPS) is 13.7. The van der Waals surface area contributed by atoms with Crippen LogP contribution in [0, 0.1) is 0 Å². The molecule has 9 nitrogen and oxygen atoms in total. The fraction of sp³-hybridized carbons (Fsp3) is 0.444. The Morgan fingerprint density at radius 1 is 1.15 bits per heavy atom. The highest BCUT2D eigenvalue weighted by atomic mass is 16.2. The molecule has 0 unspecified atom stereocenters. The van der Waals surface area contributed by atoms with E-state index in [1.54, 1.807) is 0 Å². The lowest BCUT2D eigenvalue weighted by molar-refractivity contribution is -0.130. The van der Waals surface area contributed by atoms with Crippen molar-refractivity contribution >= 4 is 24.1 Å². The number of guanidine groups is 1. The number of rotatable bonds is 11. The van der Waals surface area contributed by atoms with Gasteiger partial charge in [-0.15, -0.1) is 0 Å². The number of hydrogen-bond donors (Lipinski definition) is 5. The van der Waals surface area contributed by atoms with Gasteiger partial charge in [0.1, 0.15) is 12.3 Å². The number of nitrogens with one attached hydrogen (secondary N) is 2. The molecule has 0 spiro atoms. The SMILES string of the molecule is C[C@H](NC(=O)[C@@H](N)Cc1ccccc1)C(=O)N[C@H](C=O)CCCN=C(N)N. The minimum atomic E-state index is -0.820. The topological polar surface area (TPSA) is 166 Å². The van der Waals surface area contributed by atoms with Crippen LogP contribution in [0.4, 0.5) is 0 Å². The Morgan fingerprint density at radius 3 is 2.41 bits per heavy atom. The van der Waals surface area contributed by atoms with Gasteiger partial charge in [0.05, 0.1) is 12.1 Å². The number of nitrogens with two attached hydrogens (primary N) is 3. The molecule has 0 saturated heterocycles. The Balaban J connectivity index is 2.43. The fourth-order valence-electron chi connectivity index (χ4n) is 2.35. The van der Waals surface area contributed by atoms with Crippen LogP contribution < -0.4 is 27.8 Å². The Kier molecular flexibility index (Phi) is 9.52. The highest BCUT2D eigenvalue weighted by Gasteiger charge is 2.22. The van der Waals surface area contributed by atoms with Gasteiger partial charge in [-0.05, 0) is 31.7 Å². The van der Waals surface area contributed by atoms with Gasteiger partial charge in [0.2, 0.25) is 11.8 Å². The molecule has 0 aliphatic heterocycles. The standard InChI is InChI=1S/C18H28N6O3/c1-12(16(26)24-14(11-25)8-5-9-22-18(20)21)23-17(27)15(19)10-13-6-3-2-4-7-13/h2-4,6-7,11-12,14-15H,5,8-10,19H2,1H3,(H,23,27)(H,24,26)(H4,20,21,22)/t12-,14-,15-/m0/s1. The van der Waals surface area contributed by atoms with Crippen molar-refractivity contribution in [2.45, 2.75) is 44.3 Å². The average Bonchev–Trinajstić information content (AvgIpc) is 2.64. The highest BCUT2D eigenvalue weighted by molar-refractivity contribution is 5.90. The van der Waals surface area contributed by atoms with Crippen LogP contribution in [0.15, 0.2) is 35.3 Å². The van der Waals surface area contributed by atoms with Crippen LogP contribution in [-0.4, -0.2) is 48.7 Å². The summed E-state index contributed by atoms with van der Waals surface area (Å²) < 4.78 is 0. The van der Waals surface area contributed by atoms with E-state index in [9.17, 15) is 14.4 Å². The summed E-state index contributed by atoms with van der Waals surface area (Å²) in [6.07, 6.45) is 1.93. The lowest BCUT2D eigenvalue weighted by Gasteiger charge is -2.19. The summed E-state index contributed by atoms with van der Waals surface area (Å²) in [4.78, 5) is 39.3. The third-order valence-electron chi connectivity index (χ3n) is 3.85. The van der Waals surface area contributed by atoms with Gasteiger partial charge < -0.3 is 32.6 Å². The van der Waals surface area contributed by atoms with E-state index in [4.69, 9.17) is 17.2 Å². The summed E-state index contributed by atoms with van der Waals surface area (Å²) in [5.74, 6) is -0.920. The summed E-state index contributed by atoms with van der Waals surface area (Å²) in [7, 11) is 0. The summed E-state index contributed by atoms with van der Waals surface area (Å²) in [6, 6.07) is 7.08. The van der Waals surface area contributed by atoms with Crippen molar-refractivity contribution in [1.29, 1.82) is 0 Å². The molecule has 0 saturated carbocycles. The van der Waals surface area contributed by atoms with Crippen LogP contribution >= 0.6 is 0 Å². The van der Waals surface area contributed by atoms with Gasteiger partial charge in [0.15, 0.2) is 5.96 Å². The first-order valence-corrected chi connectivity index (χ1v) is 8.74. The van der Waals surface area contributed by atoms with Crippen molar-refractivity contribution in [2.75, 3.05) is 6.54 Å². The molecular weight excluding hydrogens is 348 g/mol. The quantitative estimate of drug-likeness (QED) is 0.141. The second-order valence-electron chi connectivity index (χ2n) is 6.23. The van der Waals surface area contributed by atoms with E-state index >= 15 is 0 Å². The van der Waals surface area contributed by atoms with Crippen molar-refractivity contribution in [2.24, 2.45) is 22.2 Å². The van der Waals surface area contributed by atoms with Crippen molar-refractivity contribution in [3.63, 3.8) is 0 Å². The lowest BCUT2D eigenvalue weighted by Crippen LogP contribution is -2.52. The molecule has 1 aromatic rings. The van der Waals surface area contributed by atoms with Crippen molar-refractivity contribution in [3.8, 4) is 0 Å². The number of aliphatic imine (C=N–C) groups is 1. The highest BCUT2D eigenvalue weighted by Crippen LogP contribution is 2.02. The van der Waals surface area contributed by atoms with E-state index in [2.05, 4.69) is 15.6 Å². The van der Waals surface area contributed by atoms with Gasteiger partial charge in [-0.25, -0.2) is 0 Å². The maximum absolute atomic E-state index is 12.2. The van der Waals surface area contributed by atoms with Crippen LogP contribution in [0.2, 0.25) is 0 Å². The molecule has 1 aromatic carbocycles. The van der Waals surface area contributed by atoms with Gasteiger partial charge in [0.25, 0.3) is 0 Å². The number of nitrogens with zero attached hydrogens (tertiary/aromatic N) is 1. The Labute approximate surface area is 158 Å². The molecule has 9 heteroatoms. The predicted molar refractivity (Wildman–Crippen MR) is 104 cm³/mol. The zero-order valence-electron chi connectivity index (χ0n) is 15.4. The average molecular weight is 376 g/mol. The number of carbonyl (C=O) groups is 3.